The second kappa shape index (κ2) is 12.2. The van der Waals surface area contributed by atoms with Crippen LogP contribution in [0.3, 0.4) is 0 Å². The van der Waals surface area contributed by atoms with E-state index in [4.69, 9.17) is 9.47 Å². The average molecular weight is 633 g/mol. The highest BCUT2D eigenvalue weighted by molar-refractivity contribution is 6.04. The molecule has 2 aliphatic rings. The van der Waals surface area contributed by atoms with Crippen LogP contribution < -0.4 is 36.7 Å². The van der Waals surface area contributed by atoms with Gasteiger partial charge in [-0.25, -0.2) is 18.6 Å². The lowest BCUT2D eigenvalue weighted by Crippen LogP contribution is -2.40. The van der Waals surface area contributed by atoms with Crippen LogP contribution in [0.5, 0.6) is 11.6 Å². The Morgan fingerprint density at radius 1 is 1.09 bits per heavy atom. The van der Waals surface area contributed by atoms with Crippen molar-refractivity contribution in [2.24, 2.45) is 14.1 Å². The minimum atomic E-state index is -0.934. The average Bonchev–Trinajstić information content (AvgIpc) is 3.66. The molecule has 2 aliphatic heterocycles. The maximum Gasteiger partial charge on any atom is 0.330 e. The van der Waals surface area contributed by atoms with E-state index < -0.39 is 28.8 Å². The molecule has 0 unspecified atom stereocenters. The van der Waals surface area contributed by atoms with Gasteiger partial charge < -0.3 is 30.0 Å². The molecular formula is C32H30F2N6O6. The molecule has 2 atom stereocenters. The maximum absolute atomic E-state index is 16.2. The van der Waals surface area contributed by atoms with Crippen LogP contribution in [-0.4, -0.2) is 52.2 Å². The highest BCUT2D eigenvalue weighted by Crippen LogP contribution is 2.42. The van der Waals surface area contributed by atoms with Gasteiger partial charge >= 0.3 is 5.69 Å². The summed E-state index contributed by atoms with van der Waals surface area (Å²) in [5.41, 5.74) is -1.42. The van der Waals surface area contributed by atoms with E-state index in [9.17, 15) is 19.2 Å². The second-order valence-electron chi connectivity index (χ2n) is 11.1. The van der Waals surface area contributed by atoms with Gasteiger partial charge in [-0.2, -0.15) is 0 Å². The number of nitrogens with zero attached hydrogens (tertiary/aromatic N) is 3. The Kier molecular flexibility index (Phi) is 8.13. The topological polar surface area (TPSA) is 146 Å². The van der Waals surface area contributed by atoms with Crippen molar-refractivity contribution in [3.63, 3.8) is 0 Å². The number of pyridine rings is 1. The summed E-state index contributed by atoms with van der Waals surface area (Å²) in [7, 11) is 4.05. The molecule has 0 radical (unpaired) electrons. The summed E-state index contributed by atoms with van der Waals surface area (Å²) in [6.07, 6.45) is 2.30. The van der Waals surface area contributed by atoms with Crippen molar-refractivity contribution in [3.05, 3.63) is 92.3 Å². The normalized spacial score (nSPS) is 16.9. The monoisotopic (exact) mass is 632 g/mol. The molecule has 3 N–H and O–H groups in total. The Labute approximate surface area is 261 Å². The largest absolute Gasteiger partial charge is 0.491 e. The molecule has 1 fully saturated rings. The quantitative estimate of drug-likeness (QED) is 0.269. The number of anilines is 1. The SMILES string of the molecule is COc1nc(-c2cccc(-c3cccc(NC(=O)c4cn(C)c(=O)n(C)c4=O)c3F)c2F)cc2c1[C@@H](NC[C@@H]1CCC(=O)N1)CO2. The van der Waals surface area contributed by atoms with Gasteiger partial charge in [0, 0.05) is 62.1 Å². The number of halogens is 2. The minimum Gasteiger partial charge on any atom is -0.491 e. The van der Waals surface area contributed by atoms with Gasteiger partial charge in [0.15, 0.2) is 5.82 Å². The molecule has 2 amide bonds. The molecule has 1 saturated heterocycles. The molecule has 0 aliphatic carbocycles. The molecule has 4 heterocycles. The van der Waals surface area contributed by atoms with Gasteiger partial charge in [-0.1, -0.05) is 24.3 Å². The fourth-order valence-corrected chi connectivity index (χ4v) is 5.70. The van der Waals surface area contributed by atoms with E-state index in [0.717, 1.165) is 21.8 Å². The van der Waals surface area contributed by atoms with Gasteiger partial charge in [-0.05, 0) is 18.6 Å². The van der Waals surface area contributed by atoms with E-state index in [1.165, 1.54) is 51.5 Å². The number of ether oxygens (including phenoxy) is 2. The number of hydrogen-bond acceptors (Lipinski definition) is 8. The van der Waals surface area contributed by atoms with Crippen LogP contribution in [0, 0.1) is 11.6 Å². The van der Waals surface area contributed by atoms with Gasteiger partial charge in [-0.3, -0.25) is 19.0 Å². The number of carbonyl (C=O) groups is 2. The van der Waals surface area contributed by atoms with E-state index in [2.05, 4.69) is 20.9 Å². The number of amides is 2. The first kappa shape index (κ1) is 30.6. The summed E-state index contributed by atoms with van der Waals surface area (Å²) < 4.78 is 45.3. The van der Waals surface area contributed by atoms with Crippen LogP contribution in [0.4, 0.5) is 14.5 Å². The van der Waals surface area contributed by atoms with Crippen LogP contribution in [0.15, 0.2) is 58.3 Å². The lowest BCUT2D eigenvalue weighted by atomic mass is 9.98. The van der Waals surface area contributed by atoms with Crippen molar-refractivity contribution in [2.45, 2.75) is 24.9 Å². The minimum absolute atomic E-state index is 0.0137. The van der Waals surface area contributed by atoms with Gasteiger partial charge in [0.25, 0.3) is 11.5 Å². The van der Waals surface area contributed by atoms with Crippen molar-refractivity contribution >= 4 is 17.5 Å². The highest BCUT2D eigenvalue weighted by atomic mass is 19.1. The zero-order chi connectivity index (χ0) is 32.7. The Morgan fingerprint density at radius 3 is 2.52 bits per heavy atom. The summed E-state index contributed by atoms with van der Waals surface area (Å²) in [5, 5.41) is 8.66. The van der Waals surface area contributed by atoms with Crippen LogP contribution >= 0.6 is 0 Å². The van der Waals surface area contributed by atoms with Crippen molar-refractivity contribution in [1.82, 2.24) is 24.8 Å². The molecule has 2 aromatic heterocycles. The third-order valence-corrected chi connectivity index (χ3v) is 8.13. The first-order valence-corrected chi connectivity index (χ1v) is 14.5. The lowest BCUT2D eigenvalue weighted by Gasteiger charge is -2.17. The van der Waals surface area contributed by atoms with E-state index >= 15 is 8.78 Å². The number of benzene rings is 2. The molecule has 46 heavy (non-hydrogen) atoms. The Balaban J connectivity index is 1.29. The van der Waals surface area contributed by atoms with Crippen molar-refractivity contribution in [1.29, 1.82) is 0 Å². The molecule has 6 rings (SSSR count). The van der Waals surface area contributed by atoms with Gasteiger partial charge in [0.2, 0.25) is 11.8 Å². The van der Waals surface area contributed by atoms with Crippen LogP contribution in [0.1, 0.15) is 34.8 Å². The second-order valence-corrected chi connectivity index (χ2v) is 11.1. The van der Waals surface area contributed by atoms with Gasteiger partial charge in [0.1, 0.15) is 23.7 Å². The number of aryl methyl sites for hydroxylation is 1. The van der Waals surface area contributed by atoms with Crippen LogP contribution in [0.25, 0.3) is 22.4 Å². The molecule has 0 spiro atoms. The molecule has 0 bridgehead atoms. The summed E-state index contributed by atoms with van der Waals surface area (Å²) >= 11 is 0. The van der Waals surface area contributed by atoms with E-state index in [1.807, 2.05) is 0 Å². The first-order chi connectivity index (χ1) is 22.1. The fourth-order valence-electron chi connectivity index (χ4n) is 5.70. The Bertz CT molecular complexity index is 2010. The molecule has 12 nitrogen and oxygen atoms in total. The van der Waals surface area contributed by atoms with Crippen molar-refractivity contribution < 1.29 is 27.8 Å². The molecular weight excluding hydrogens is 602 g/mol. The third-order valence-electron chi connectivity index (χ3n) is 8.13. The smallest absolute Gasteiger partial charge is 0.330 e. The standard InChI is InChI=1S/C32H30F2N6O6/c1-39-14-20(31(43)40(2)32(39)44)29(42)37-21-9-5-7-18(28(21)34)17-6-4-8-19(27(17)33)22-12-24-26(30(38-22)45-3)23(15-46-24)35-13-16-10-11-25(41)36-16/h4-9,12,14,16,23,35H,10-11,13,15H2,1-3H3,(H,36,41)(H,37,42)/t16-,23-/m0/s1. The molecule has 0 saturated carbocycles. The predicted molar refractivity (Wildman–Crippen MR) is 164 cm³/mol. The number of aromatic nitrogens is 3. The lowest BCUT2D eigenvalue weighted by molar-refractivity contribution is -0.119. The fraction of sp³-hybridized carbons (Fsp3) is 0.281. The third kappa shape index (κ3) is 5.51. The number of nitrogens with one attached hydrogen (secondary N) is 3. The van der Waals surface area contributed by atoms with Gasteiger partial charge in [-0.15, -0.1) is 0 Å². The number of fused-ring (bicyclic) bond motifs is 1. The van der Waals surface area contributed by atoms with Crippen LogP contribution in [0.2, 0.25) is 0 Å². The number of carbonyl (C=O) groups excluding carboxylic acids is 2. The van der Waals surface area contributed by atoms with E-state index in [1.54, 1.807) is 12.1 Å². The van der Waals surface area contributed by atoms with Crippen LogP contribution in [-0.2, 0) is 18.9 Å². The predicted octanol–water partition coefficient (Wildman–Crippen LogP) is 2.65. The van der Waals surface area contributed by atoms with Gasteiger partial charge in [0.05, 0.1) is 30.1 Å². The van der Waals surface area contributed by atoms with Crippen molar-refractivity contribution in [3.8, 4) is 34.0 Å². The van der Waals surface area contributed by atoms with Crippen molar-refractivity contribution in [2.75, 3.05) is 25.6 Å². The number of hydrogen-bond donors (Lipinski definition) is 3. The number of methoxy groups -OCH3 is 1. The zero-order valence-electron chi connectivity index (χ0n) is 25.1. The Hall–Kier alpha value is -5.37. The molecule has 2 aromatic carbocycles. The maximum atomic E-state index is 16.2. The molecule has 4 aromatic rings. The summed E-state index contributed by atoms with van der Waals surface area (Å²) in [5.74, 6) is -1.91. The number of rotatable bonds is 8. The first-order valence-electron chi connectivity index (χ1n) is 14.5. The highest BCUT2D eigenvalue weighted by Gasteiger charge is 2.32. The zero-order valence-corrected chi connectivity index (χ0v) is 25.1. The summed E-state index contributed by atoms with van der Waals surface area (Å²) in [4.78, 5) is 53.5. The van der Waals surface area contributed by atoms with E-state index in [0.29, 0.717) is 24.3 Å². The molecule has 238 valence electrons. The Morgan fingerprint density at radius 2 is 1.80 bits per heavy atom. The summed E-state index contributed by atoms with van der Waals surface area (Å²) in [6, 6.07) is 9.88. The molecule has 14 heteroatoms. The van der Waals surface area contributed by atoms with E-state index in [-0.39, 0.29) is 64.1 Å². The summed E-state index contributed by atoms with van der Waals surface area (Å²) in [6.45, 7) is 0.822.